The van der Waals surface area contributed by atoms with E-state index in [0.717, 1.165) is 17.5 Å². The van der Waals surface area contributed by atoms with E-state index in [1.165, 1.54) is 45.2 Å². The average molecular weight is 369 g/mol. The molecule has 2 fully saturated rings. The summed E-state index contributed by atoms with van der Waals surface area (Å²) in [4.78, 5) is 15.3. The van der Waals surface area contributed by atoms with Crippen molar-refractivity contribution in [2.75, 3.05) is 13.1 Å². The molecule has 1 N–H and O–H groups in total. The second kappa shape index (κ2) is 8.55. The number of alkyl halides is 2. The van der Waals surface area contributed by atoms with Crippen molar-refractivity contribution in [3.05, 3.63) is 34.9 Å². The predicted molar refractivity (Wildman–Crippen MR) is 99.9 cm³/mol. The molecule has 0 radical (unpaired) electrons. The van der Waals surface area contributed by atoms with Crippen LogP contribution in [0.15, 0.2) is 18.2 Å². The molecule has 1 amide bonds. The van der Waals surface area contributed by atoms with Crippen LogP contribution in [0.4, 0.5) is 0 Å². The lowest BCUT2D eigenvalue weighted by Gasteiger charge is -2.38. The highest BCUT2D eigenvalue weighted by atomic mass is 35.5. The third-order valence-corrected chi connectivity index (χ3v) is 5.99. The maximum atomic E-state index is 12.7. The van der Waals surface area contributed by atoms with Gasteiger partial charge in [0.1, 0.15) is 0 Å². The summed E-state index contributed by atoms with van der Waals surface area (Å²) in [7, 11) is 0. The molecule has 1 heterocycles. The number of rotatable bonds is 5. The van der Waals surface area contributed by atoms with Crippen molar-refractivity contribution in [1.29, 1.82) is 0 Å². The maximum absolute atomic E-state index is 12.7. The normalized spacial score (nSPS) is 24.9. The van der Waals surface area contributed by atoms with Crippen LogP contribution in [0.25, 0.3) is 0 Å². The van der Waals surface area contributed by atoms with Crippen molar-refractivity contribution >= 4 is 29.1 Å². The van der Waals surface area contributed by atoms with E-state index in [4.69, 9.17) is 23.2 Å². The smallest absolute Gasteiger partial charge is 0.251 e. The number of carbonyl (C=O) groups excluding carboxylic acids is 1. The molecule has 1 aliphatic heterocycles. The minimum Gasteiger partial charge on any atom is -0.348 e. The third kappa shape index (κ3) is 4.07. The maximum Gasteiger partial charge on any atom is 0.251 e. The monoisotopic (exact) mass is 368 g/mol. The summed E-state index contributed by atoms with van der Waals surface area (Å²) in [5, 5.41) is 3.29. The van der Waals surface area contributed by atoms with Crippen LogP contribution in [0.3, 0.4) is 0 Å². The SMILES string of the molecule is O=C(NC1CCCCC1N1CCCC1)c1ccc(CCl)c(CCl)c1. The van der Waals surface area contributed by atoms with Crippen molar-refractivity contribution < 1.29 is 4.79 Å². The molecule has 132 valence electrons. The lowest BCUT2D eigenvalue weighted by atomic mass is 9.89. The summed E-state index contributed by atoms with van der Waals surface area (Å²) in [6.07, 6.45) is 7.33. The zero-order valence-corrected chi connectivity index (χ0v) is 15.6. The lowest BCUT2D eigenvalue weighted by molar-refractivity contribution is 0.0862. The first-order chi connectivity index (χ1) is 11.7. The number of amides is 1. The first-order valence-corrected chi connectivity index (χ1v) is 10.1. The van der Waals surface area contributed by atoms with Crippen LogP contribution in [0.5, 0.6) is 0 Å². The van der Waals surface area contributed by atoms with Crippen LogP contribution in [0.1, 0.15) is 60.0 Å². The van der Waals surface area contributed by atoms with Crippen molar-refractivity contribution in [3.8, 4) is 0 Å². The van der Waals surface area contributed by atoms with Gasteiger partial charge in [-0.05, 0) is 62.0 Å². The van der Waals surface area contributed by atoms with Crippen molar-refractivity contribution in [2.24, 2.45) is 0 Å². The minimum atomic E-state index is 0.0126. The fourth-order valence-corrected chi connectivity index (χ4v) is 4.57. The van der Waals surface area contributed by atoms with Crippen molar-refractivity contribution in [3.63, 3.8) is 0 Å². The van der Waals surface area contributed by atoms with Gasteiger partial charge in [0.15, 0.2) is 0 Å². The predicted octanol–water partition coefficient (Wildman–Crippen LogP) is 4.30. The number of benzene rings is 1. The standard InChI is InChI=1S/C19H26Cl2N2O/c20-12-15-8-7-14(11-16(15)13-21)19(24)22-17-5-1-2-6-18(17)23-9-3-4-10-23/h7-8,11,17-18H,1-6,9-10,12-13H2,(H,22,24). The number of likely N-dealkylation sites (tertiary alicyclic amines) is 1. The molecular formula is C19H26Cl2N2O. The van der Waals surface area contributed by atoms with Gasteiger partial charge in [0, 0.05) is 29.4 Å². The van der Waals surface area contributed by atoms with Crippen molar-refractivity contribution in [2.45, 2.75) is 62.4 Å². The molecule has 1 aliphatic carbocycles. The topological polar surface area (TPSA) is 32.3 Å². The highest BCUT2D eigenvalue weighted by molar-refractivity contribution is 6.18. The molecule has 2 unspecified atom stereocenters. The van der Waals surface area contributed by atoms with Crippen LogP contribution in [-0.2, 0) is 11.8 Å². The van der Waals surface area contributed by atoms with Gasteiger partial charge < -0.3 is 5.32 Å². The average Bonchev–Trinajstić information content (AvgIpc) is 3.16. The van der Waals surface area contributed by atoms with E-state index in [0.29, 0.717) is 23.4 Å². The molecule has 1 saturated carbocycles. The van der Waals surface area contributed by atoms with Gasteiger partial charge in [-0.3, -0.25) is 9.69 Å². The molecule has 1 saturated heterocycles. The Hall–Kier alpha value is -0.770. The first kappa shape index (κ1) is 18.0. The summed E-state index contributed by atoms with van der Waals surface area (Å²) in [5.74, 6) is 0.811. The molecule has 0 bridgehead atoms. The Balaban J connectivity index is 1.70. The second-order valence-corrected chi connectivity index (χ2v) is 7.46. The largest absolute Gasteiger partial charge is 0.348 e. The molecule has 0 aromatic heterocycles. The van der Waals surface area contributed by atoms with E-state index in [1.54, 1.807) is 0 Å². The fraction of sp³-hybridized carbons (Fsp3) is 0.632. The Morgan fingerprint density at radius 3 is 2.46 bits per heavy atom. The number of halogens is 2. The zero-order chi connectivity index (χ0) is 16.9. The Morgan fingerprint density at radius 2 is 1.75 bits per heavy atom. The Kier molecular flexibility index (Phi) is 6.43. The summed E-state index contributed by atoms with van der Waals surface area (Å²) in [6, 6.07) is 6.42. The van der Waals surface area contributed by atoms with E-state index in [-0.39, 0.29) is 11.9 Å². The van der Waals surface area contributed by atoms with Crippen LogP contribution in [0, 0.1) is 0 Å². The molecule has 5 heteroatoms. The quantitative estimate of drug-likeness (QED) is 0.785. The van der Waals surface area contributed by atoms with Gasteiger partial charge in [-0.25, -0.2) is 0 Å². The van der Waals surface area contributed by atoms with Gasteiger partial charge in [0.25, 0.3) is 5.91 Å². The summed E-state index contributed by atoms with van der Waals surface area (Å²) < 4.78 is 0. The van der Waals surface area contributed by atoms with Gasteiger partial charge in [-0.2, -0.15) is 0 Å². The number of nitrogens with one attached hydrogen (secondary N) is 1. The Labute approximate surface area is 154 Å². The van der Waals surface area contributed by atoms with Crippen LogP contribution in [0.2, 0.25) is 0 Å². The molecule has 1 aromatic carbocycles. The van der Waals surface area contributed by atoms with Gasteiger partial charge in [-0.15, -0.1) is 23.2 Å². The summed E-state index contributed by atoms with van der Waals surface area (Å²) in [6.45, 7) is 2.36. The highest BCUT2D eigenvalue weighted by Gasteiger charge is 2.32. The van der Waals surface area contributed by atoms with Crippen LogP contribution in [-0.4, -0.2) is 36.0 Å². The van der Waals surface area contributed by atoms with Gasteiger partial charge in [0.2, 0.25) is 0 Å². The molecule has 3 rings (SSSR count). The molecule has 1 aromatic rings. The van der Waals surface area contributed by atoms with E-state index >= 15 is 0 Å². The Morgan fingerprint density at radius 1 is 1.04 bits per heavy atom. The minimum absolute atomic E-state index is 0.0126. The molecule has 24 heavy (non-hydrogen) atoms. The van der Waals surface area contributed by atoms with E-state index in [1.807, 2.05) is 18.2 Å². The second-order valence-electron chi connectivity index (χ2n) is 6.93. The number of nitrogens with zero attached hydrogens (tertiary/aromatic N) is 1. The summed E-state index contributed by atoms with van der Waals surface area (Å²) in [5.41, 5.74) is 2.63. The zero-order valence-electron chi connectivity index (χ0n) is 14.1. The molecule has 3 nitrogen and oxygen atoms in total. The van der Waals surface area contributed by atoms with Crippen LogP contribution < -0.4 is 5.32 Å². The molecule has 2 atom stereocenters. The number of hydrogen-bond donors (Lipinski definition) is 1. The van der Waals surface area contributed by atoms with E-state index in [9.17, 15) is 4.79 Å². The van der Waals surface area contributed by atoms with E-state index in [2.05, 4.69) is 10.2 Å². The van der Waals surface area contributed by atoms with Crippen LogP contribution >= 0.6 is 23.2 Å². The highest BCUT2D eigenvalue weighted by Crippen LogP contribution is 2.26. The van der Waals surface area contributed by atoms with Gasteiger partial charge >= 0.3 is 0 Å². The van der Waals surface area contributed by atoms with Gasteiger partial charge in [0.05, 0.1) is 0 Å². The lowest BCUT2D eigenvalue weighted by Crippen LogP contribution is -2.52. The fourth-order valence-electron chi connectivity index (χ4n) is 4.06. The van der Waals surface area contributed by atoms with E-state index < -0.39 is 0 Å². The molecule has 2 aliphatic rings. The summed E-state index contributed by atoms with van der Waals surface area (Å²) >= 11 is 11.9. The molecular weight excluding hydrogens is 343 g/mol. The number of carbonyl (C=O) groups is 1. The Bertz CT molecular complexity index is 572. The van der Waals surface area contributed by atoms with Crippen molar-refractivity contribution in [1.82, 2.24) is 10.2 Å². The molecule has 0 spiro atoms. The third-order valence-electron chi connectivity index (χ3n) is 5.41. The number of hydrogen-bond acceptors (Lipinski definition) is 2. The van der Waals surface area contributed by atoms with Gasteiger partial charge in [-0.1, -0.05) is 18.9 Å². The first-order valence-electron chi connectivity index (χ1n) is 9.01.